The van der Waals surface area contributed by atoms with E-state index in [0.717, 1.165) is 24.9 Å². The van der Waals surface area contributed by atoms with E-state index in [1.54, 1.807) is 12.1 Å². The highest BCUT2D eigenvalue weighted by atomic mass is 16.4. The summed E-state index contributed by atoms with van der Waals surface area (Å²) in [5.74, 6) is -0.868. The van der Waals surface area contributed by atoms with Crippen LogP contribution in [0.5, 0.6) is 0 Å². The highest BCUT2D eigenvalue weighted by Gasteiger charge is 2.24. The zero-order chi connectivity index (χ0) is 14.8. The van der Waals surface area contributed by atoms with E-state index in [9.17, 15) is 4.79 Å². The van der Waals surface area contributed by atoms with Crippen molar-refractivity contribution in [3.05, 3.63) is 70.8 Å². The lowest BCUT2D eigenvalue weighted by Crippen LogP contribution is -2.31. The van der Waals surface area contributed by atoms with E-state index < -0.39 is 5.97 Å². The first-order valence-corrected chi connectivity index (χ1v) is 7.23. The molecule has 2 aromatic carbocycles. The predicted octanol–water partition coefficient (Wildman–Crippen LogP) is 2.98. The Labute approximate surface area is 124 Å². The molecule has 0 amide bonds. The van der Waals surface area contributed by atoms with Crippen molar-refractivity contribution < 1.29 is 9.90 Å². The van der Waals surface area contributed by atoms with Crippen LogP contribution in [0.3, 0.4) is 0 Å². The SMILES string of the molecule is CN(Cc1cccc(C(=O)O)c1)C1Cc2ccccc2C1. The predicted molar refractivity (Wildman–Crippen MR) is 82.5 cm³/mol. The standard InChI is InChI=1S/C18H19NO2/c1-19(12-13-5-4-8-16(9-13)18(20)21)17-10-14-6-2-3-7-15(14)11-17/h2-9,17H,10-12H2,1H3,(H,20,21). The average Bonchev–Trinajstić information content (AvgIpc) is 2.91. The molecule has 3 rings (SSSR count). The average molecular weight is 281 g/mol. The molecule has 1 N–H and O–H groups in total. The fourth-order valence-electron chi connectivity index (χ4n) is 3.07. The third-order valence-corrected chi connectivity index (χ3v) is 4.26. The summed E-state index contributed by atoms with van der Waals surface area (Å²) >= 11 is 0. The van der Waals surface area contributed by atoms with Crippen LogP contribution in [-0.2, 0) is 19.4 Å². The van der Waals surface area contributed by atoms with Crippen molar-refractivity contribution in [3.8, 4) is 0 Å². The fourth-order valence-corrected chi connectivity index (χ4v) is 3.07. The smallest absolute Gasteiger partial charge is 0.335 e. The number of benzene rings is 2. The molecule has 0 aliphatic heterocycles. The molecule has 0 unspecified atom stereocenters. The van der Waals surface area contributed by atoms with Crippen LogP contribution >= 0.6 is 0 Å². The number of carboxylic acid groups (broad SMARTS) is 1. The summed E-state index contributed by atoms with van der Waals surface area (Å²) in [5, 5.41) is 9.06. The second-order valence-electron chi connectivity index (χ2n) is 5.75. The number of hydrogen-bond donors (Lipinski definition) is 1. The molecule has 3 heteroatoms. The Morgan fingerprint density at radius 3 is 2.43 bits per heavy atom. The minimum absolute atomic E-state index is 0.357. The lowest BCUT2D eigenvalue weighted by atomic mass is 10.1. The van der Waals surface area contributed by atoms with E-state index in [-0.39, 0.29) is 0 Å². The van der Waals surface area contributed by atoms with Gasteiger partial charge in [-0.1, -0.05) is 36.4 Å². The molecule has 108 valence electrons. The number of carbonyl (C=O) groups is 1. The molecule has 0 saturated carbocycles. The van der Waals surface area contributed by atoms with Gasteiger partial charge in [-0.15, -0.1) is 0 Å². The van der Waals surface area contributed by atoms with Gasteiger partial charge in [0.05, 0.1) is 5.56 Å². The summed E-state index contributed by atoms with van der Waals surface area (Å²) < 4.78 is 0. The summed E-state index contributed by atoms with van der Waals surface area (Å²) in [6.45, 7) is 0.778. The molecular weight excluding hydrogens is 262 g/mol. The van der Waals surface area contributed by atoms with Crippen LogP contribution < -0.4 is 0 Å². The van der Waals surface area contributed by atoms with Crippen LogP contribution in [0.15, 0.2) is 48.5 Å². The summed E-state index contributed by atoms with van der Waals surface area (Å²) in [7, 11) is 2.12. The first kappa shape index (κ1) is 13.8. The van der Waals surface area contributed by atoms with Crippen LogP contribution in [0, 0.1) is 0 Å². The lowest BCUT2D eigenvalue weighted by molar-refractivity contribution is 0.0696. The van der Waals surface area contributed by atoms with Crippen molar-refractivity contribution >= 4 is 5.97 Å². The minimum Gasteiger partial charge on any atom is -0.478 e. The van der Waals surface area contributed by atoms with Crippen LogP contribution in [0.1, 0.15) is 27.0 Å². The van der Waals surface area contributed by atoms with E-state index in [1.807, 2.05) is 12.1 Å². The maximum atomic E-state index is 11.0. The number of rotatable bonds is 4. The Morgan fingerprint density at radius 1 is 1.14 bits per heavy atom. The molecule has 3 nitrogen and oxygen atoms in total. The zero-order valence-electron chi connectivity index (χ0n) is 12.1. The highest BCUT2D eigenvalue weighted by molar-refractivity contribution is 5.87. The molecule has 0 fully saturated rings. The molecule has 0 saturated heterocycles. The normalized spacial score (nSPS) is 14.4. The molecule has 0 aromatic heterocycles. The van der Waals surface area contributed by atoms with Gasteiger partial charge in [0, 0.05) is 12.6 Å². The first-order valence-electron chi connectivity index (χ1n) is 7.23. The van der Waals surface area contributed by atoms with Gasteiger partial charge in [0.25, 0.3) is 0 Å². The molecule has 0 spiro atoms. The van der Waals surface area contributed by atoms with E-state index in [0.29, 0.717) is 11.6 Å². The Morgan fingerprint density at radius 2 is 1.81 bits per heavy atom. The summed E-state index contributed by atoms with van der Waals surface area (Å²) in [6.07, 6.45) is 2.15. The fraction of sp³-hybridized carbons (Fsp3) is 0.278. The molecule has 1 aliphatic carbocycles. The number of likely N-dealkylation sites (N-methyl/N-ethyl adjacent to an activating group) is 1. The Hall–Kier alpha value is -2.13. The molecular formula is C18H19NO2. The van der Waals surface area contributed by atoms with Gasteiger partial charge in [0.2, 0.25) is 0 Å². The number of nitrogens with zero attached hydrogens (tertiary/aromatic N) is 1. The van der Waals surface area contributed by atoms with Crippen LogP contribution in [0.4, 0.5) is 0 Å². The third-order valence-electron chi connectivity index (χ3n) is 4.26. The van der Waals surface area contributed by atoms with Gasteiger partial charge < -0.3 is 5.11 Å². The topological polar surface area (TPSA) is 40.5 Å². The molecule has 0 radical (unpaired) electrons. The summed E-state index contributed by atoms with van der Waals surface area (Å²) in [5.41, 5.74) is 4.28. The molecule has 0 bridgehead atoms. The monoisotopic (exact) mass is 281 g/mol. The second kappa shape index (κ2) is 5.70. The van der Waals surface area contributed by atoms with E-state index in [1.165, 1.54) is 11.1 Å². The molecule has 1 aliphatic rings. The zero-order valence-corrected chi connectivity index (χ0v) is 12.1. The summed E-state index contributed by atoms with van der Waals surface area (Å²) in [4.78, 5) is 13.4. The van der Waals surface area contributed by atoms with Crippen molar-refractivity contribution in [1.29, 1.82) is 0 Å². The maximum Gasteiger partial charge on any atom is 0.335 e. The van der Waals surface area contributed by atoms with E-state index >= 15 is 0 Å². The van der Waals surface area contributed by atoms with Crippen molar-refractivity contribution in [2.75, 3.05) is 7.05 Å². The van der Waals surface area contributed by atoms with Crippen molar-refractivity contribution in [2.45, 2.75) is 25.4 Å². The number of carboxylic acids is 1. The van der Waals surface area contributed by atoms with Gasteiger partial charge in [-0.3, -0.25) is 4.90 Å². The first-order chi connectivity index (χ1) is 10.1. The molecule has 0 atom stereocenters. The van der Waals surface area contributed by atoms with Gasteiger partial charge in [-0.25, -0.2) is 4.79 Å². The van der Waals surface area contributed by atoms with Gasteiger partial charge in [0.15, 0.2) is 0 Å². The number of aromatic carboxylic acids is 1. The lowest BCUT2D eigenvalue weighted by Gasteiger charge is -2.24. The third kappa shape index (κ3) is 2.98. The molecule has 0 heterocycles. The van der Waals surface area contributed by atoms with Crippen LogP contribution in [-0.4, -0.2) is 29.1 Å². The second-order valence-corrected chi connectivity index (χ2v) is 5.75. The highest BCUT2D eigenvalue weighted by Crippen LogP contribution is 2.25. The Bertz CT molecular complexity index is 641. The number of fused-ring (bicyclic) bond motifs is 1. The van der Waals surface area contributed by atoms with Gasteiger partial charge in [-0.05, 0) is 48.7 Å². The number of hydrogen-bond acceptors (Lipinski definition) is 2. The Balaban J connectivity index is 1.69. The largest absolute Gasteiger partial charge is 0.478 e. The van der Waals surface area contributed by atoms with Crippen LogP contribution in [0.25, 0.3) is 0 Å². The van der Waals surface area contributed by atoms with E-state index in [4.69, 9.17) is 5.11 Å². The maximum absolute atomic E-state index is 11.0. The van der Waals surface area contributed by atoms with Gasteiger partial charge >= 0.3 is 5.97 Å². The van der Waals surface area contributed by atoms with Gasteiger partial charge in [0.1, 0.15) is 0 Å². The van der Waals surface area contributed by atoms with Crippen molar-refractivity contribution in [3.63, 3.8) is 0 Å². The Kier molecular flexibility index (Phi) is 3.76. The minimum atomic E-state index is -0.868. The van der Waals surface area contributed by atoms with Crippen molar-refractivity contribution in [2.24, 2.45) is 0 Å². The van der Waals surface area contributed by atoms with E-state index in [2.05, 4.69) is 36.2 Å². The molecule has 21 heavy (non-hydrogen) atoms. The quantitative estimate of drug-likeness (QED) is 0.936. The summed E-state index contributed by atoms with van der Waals surface area (Å²) in [6, 6.07) is 16.3. The van der Waals surface area contributed by atoms with Crippen molar-refractivity contribution in [1.82, 2.24) is 4.90 Å². The molecule has 2 aromatic rings. The van der Waals surface area contributed by atoms with Gasteiger partial charge in [-0.2, -0.15) is 0 Å². The van der Waals surface area contributed by atoms with Crippen LogP contribution in [0.2, 0.25) is 0 Å².